The van der Waals surface area contributed by atoms with E-state index in [1.54, 1.807) is 0 Å². The third-order valence-corrected chi connectivity index (χ3v) is 4.80. The topological polar surface area (TPSA) is 98.2 Å². The molecular formula is C17H23N5O3. The molecule has 4 rings (SSSR count). The van der Waals surface area contributed by atoms with Crippen molar-refractivity contribution in [2.75, 3.05) is 6.54 Å². The molecular weight excluding hydrogens is 322 g/mol. The van der Waals surface area contributed by atoms with Gasteiger partial charge in [0.1, 0.15) is 0 Å². The number of carbonyl (C=O) groups is 1. The van der Waals surface area contributed by atoms with Crippen LogP contribution in [0.2, 0.25) is 0 Å². The molecule has 1 amide bonds. The number of hydrogen-bond acceptors (Lipinski definition) is 7. The van der Waals surface area contributed by atoms with Gasteiger partial charge in [0.05, 0.1) is 6.04 Å². The Hall–Kier alpha value is -2.25. The second kappa shape index (κ2) is 6.57. The summed E-state index contributed by atoms with van der Waals surface area (Å²) in [5, 5.41) is 8.07. The van der Waals surface area contributed by atoms with Crippen LogP contribution < -0.4 is 0 Å². The van der Waals surface area contributed by atoms with E-state index in [1.165, 1.54) is 0 Å². The van der Waals surface area contributed by atoms with E-state index in [2.05, 4.69) is 20.3 Å². The molecule has 0 N–H and O–H groups in total. The minimum atomic E-state index is -0.0894. The molecule has 0 aromatic carbocycles. The average molecular weight is 345 g/mol. The van der Waals surface area contributed by atoms with E-state index < -0.39 is 0 Å². The third kappa shape index (κ3) is 3.43. The minimum absolute atomic E-state index is 0.0737. The Balaban J connectivity index is 1.37. The summed E-state index contributed by atoms with van der Waals surface area (Å²) < 4.78 is 10.5. The van der Waals surface area contributed by atoms with Crippen molar-refractivity contribution in [2.45, 2.75) is 70.3 Å². The maximum absolute atomic E-state index is 12.6. The maximum atomic E-state index is 12.6. The number of carbonyl (C=O) groups excluding carboxylic acids is 1. The molecule has 2 aliphatic rings. The number of nitrogens with zero attached hydrogens (tertiary/aromatic N) is 5. The van der Waals surface area contributed by atoms with Crippen LogP contribution in [-0.2, 0) is 11.2 Å². The first-order chi connectivity index (χ1) is 12.1. The zero-order chi connectivity index (χ0) is 17.4. The Morgan fingerprint density at radius 1 is 1.16 bits per heavy atom. The fraction of sp³-hybridized carbons (Fsp3) is 0.706. The molecule has 1 aliphatic carbocycles. The number of amides is 1. The molecule has 1 saturated carbocycles. The second-order valence-electron chi connectivity index (χ2n) is 7.21. The number of aromatic nitrogens is 4. The van der Waals surface area contributed by atoms with Gasteiger partial charge in [0.15, 0.2) is 11.6 Å². The summed E-state index contributed by atoms with van der Waals surface area (Å²) in [7, 11) is 0. The van der Waals surface area contributed by atoms with Gasteiger partial charge >= 0.3 is 0 Å². The molecule has 0 unspecified atom stereocenters. The Kier molecular flexibility index (Phi) is 4.27. The van der Waals surface area contributed by atoms with Gasteiger partial charge in [-0.25, -0.2) is 0 Å². The summed E-state index contributed by atoms with van der Waals surface area (Å²) in [4.78, 5) is 23.3. The van der Waals surface area contributed by atoms with Gasteiger partial charge in [0.25, 0.3) is 0 Å². The quantitative estimate of drug-likeness (QED) is 0.794. The lowest BCUT2D eigenvalue weighted by molar-refractivity contribution is -0.132. The summed E-state index contributed by atoms with van der Waals surface area (Å²) in [5.41, 5.74) is 0. The first-order valence-corrected chi connectivity index (χ1v) is 9.07. The van der Waals surface area contributed by atoms with Crippen molar-refractivity contribution in [3.63, 3.8) is 0 Å². The van der Waals surface area contributed by atoms with Crippen molar-refractivity contribution in [3.8, 4) is 0 Å². The van der Waals surface area contributed by atoms with Crippen LogP contribution in [0.4, 0.5) is 0 Å². The fourth-order valence-corrected chi connectivity index (χ4v) is 3.19. The molecule has 1 aliphatic heterocycles. The lowest BCUT2D eigenvalue weighted by atomic mass is 10.2. The van der Waals surface area contributed by atoms with Gasteiger partial charge in [-0.2, -0.15) is 9.97 Å². The zero-order valence-corrected chi connectivity index (χ0v) is 14.6. The fourth-order valence-electron chi connectivity index (χ4n) is 3.19. The van der Waals surface area contributed by atoms with Crippen LogP contribution in [0.3, 0.4) is 0 Å². The van der Waals surface area contributed by atoms with Gasteiger partial charge < -0.3 is 13.9 Å². The molecule has 1 saturated heterocycles. The number of likely N-dealkylation sites (tertiary alicyclic amines) is 1. The molecule has 0 radical (unpaired) electrons. The molecule has 0 bridgehead atoms. The lowest BCUT2D eigenvalue weighted by Gasteiger charge is -2.21. The van der Waals surface area contributed by atoms with Crippen LogP contribution in [-0.4, -0.2) is 37.6 Å². The van der Waals surface area contributed by atoms with E-state index in [-0.39, 0.29) is 17.9 Å². The largest absolute Gasteiger partial charge is 0.339 e. The third-order valence-electron chi connectivity index (χ3n) is 4.80. The zero-order valence-electron chi connectivity index (χ0n) is 14.6. The SMILES string of the molecule is CC(C)c1nc([C@H]2CCCN2C(=O)CCc2nc(C3CC3)no2)no1. The van der Waals surface area contributed by atoms with Crippen LogP contribution in [0.15, 0.2) is 9.05 Å². The van der Waals surface area contributed by atoms with Gasteiger partial charge in [-0.3, -0.25) is 4.79 Å². The summed E-state index contributed by atoms with van der Waals surface area (Å²) >= 11 is 0. The summed E-state index contributed by atoms with van der Waals surface area (Å²) in [5.74, 6) is 3.29. The lowest BCUT2D eigenvalue weighted by Crippen LogP contribution is -2.31. The molecule has 3 heterocycles. The predicted molar refractivity (Wildman–Crippen MR) is 86.7 cm³/mol. The number of rotatable bonds is 6. The van der Waals surface area contributed by atoms with Crippen LogP contribution in [0.25, 0.3) is 0 Å². The highest BCUT2D eigenvalue weighted by molar-refractivity contribution is 5.77. The first-order valence-electron chi connectivity index (χ1n) is 9.07. The highest BCUT2D eigenvalue weighted by atomic mass is 16.5. The average Bonchev–Trinajstić information content (AvgIpc) is 3.06. The standard InChI is InChI=1S/C17H23N5O3/c1-10(2)17-19-16(21-25-17)12-4-3-9-22(12)14(23)8-7-13-18-15(20-24-13)11-5-6-11/h10-12H,3-9H2,1-2H3/t12-/m1/s1. The van der Waals surface area contributed by atoms with Crippen molar-refractivity contribution in [1.82, 2.24) is 25.2 Å². The Morgan fingerprint density at radius 2 is 1.96 bits per heavy atom. The number of aryl methyl sites for hydroxylation is 1. The van der Waals surface area contributed by atoms with Crippen LogP contribution in [0.5, 0.6) is 0 Å². The normalized spacial score (nSPS) is 20.6. The first kappa shape index (κ1) is 16.2. The second-order valence-corrected chi connectivity index (χ2v) is 7.21. The molecule has 1 atom stereocenters. The van der Waals surface area contributed by atoms with Crippen LogP contribution >= 0.6 is 0 Å². The summed E-state index contributed by atoms with van der Waals surface area (Å²) in [6, 6.07) is -0.0894. The minimum Gasteiger partial charge on any atom is -0.339 e. The molecule has 25 heavy (non-hydrogen) atoms. The van der Waals surface area contributed by atoms with Crippen molar-refractivity contribution >= 4 is 5.91 Å². The maximum Gasteiger partial charge on any atom is 0.229 e. The Morgan fingerprint density at radius 3 is 2.68 bits per heavy atom. The van der Waals surface area contributed by atoms with E-state index in [9.17, 15) is 4.79 Å². The van der Waals surface area contributed by atoms with Crippen molar-refractivity contribution in [2.24, 2.45) is 0 Å². The van der Waals surface area contributed by atoms with E-state index in [0.717, 1.165) is 38.1 Å². The van der Waals surface area contributed by atoms with Gasteiger partial charge in [0, 0.05) is 31.2 Å². The Labute approximate surface area is 146 Å². The van der Waals surface area contributed by atoms with Gasteiger partial charge in [-0.05, 0) is 25.7 Å². The van der Waals surface area contributed by atoms with Crippen molar-refractivity contribution in [1.29, 1.82) is 0 Å². The molecule has 2 aromatic heterocycles. The highest BCUT2D eigenvalue weighted by Crippen LogP contribution is 2.38. The monoisotopic (exact) mass is 345 g/mol. The van der Waals surface area contributed by atoms with Crippen LogP contribution in [0.1, 0.15) is 87.3 Å². The molecule has 2 fully saturated rings. The van der Waals surface area contributed by atoms with Crippen molar-refractivity contribution in [3.05, 3.63) is 23.4 Å². The molecule has 134 valence electrons. The van der Waals surface area contributed by atoms with Crippen LogP contribution in [0, 0.1) is 0 Å². The van der Waals surface area contributed by atoms with Crippen molar-refractivity contribution < 1.29 is 13.8 Å². The summed E-state index contributed by atoms with van der Waals surface area (Å²) in [6.07, 6.45) is 4.93. The van der Waals surface area contributed by atoms with E-state index in [1.807, 2.05) is 18.7 Å². The molecule has 2 aromatic rings. The molecule has 8 nitrogen and oxygen atoms in total. The smallest absolute Gasteiger partial charge is 0.229 e. The van der Waals surface area contributed by atoms with E-state index in [4.69, 9.17) is 9.05 Å². The van der Waals surface area contributed by atoms with Gasteiger partial charge in [0.2, 0.25) is 17.7 Å². The molecule has 0 spiro atoms. The predicted octanol–water partition coefficient (Wildman–Crippen LogP) is 2.75. The molecule has 8 heteroatoms. The van der Waals surface area contributed by atoms with Gasteiger partial charge in [-0.15, -0.1) is 0 Å². The highest BCUT2D eigenvalue weighted by Gasteiger charge is 2.34. The number of hydrogen-bond donors (Lipinski definition) is 0. The summed E-state index contributed by atoms with van der Waals surface area (Å²) in [6.45, 7) is 4.75. The van der Waals surface area contributed by atoms with E-state index in [0.29, 0.717) is 36.4 Å². The van der Waals surface area contributed by atoms with Gasteiger partial charge in [-0.1, -0.05) is 24.2 Å². The van der Waals surface area contributed by atoms with E-state index >= 15 is 0 Å². The Bertz CT molecular complexity index is 749.